The number of carbonyl (C=O) groups excluding carboxylic acids is 1. The predicted octanol–water partition coefficient (Wildman–Crippen LogP) is 4.11. The number of ether oxygens (including phenoxy) is 1. The quantitative estimate of drug-likeness (QED) is 0.843. The Bertz CT molecular complexity index is 813. The molecule has 4 nitrogen and oxygen atoms in total. The summed E-state index contributed by atoms with van der Waals surface area (Å²) in [5, 5.41) is 14.3. The third-order valence-electron chi connectivity index (χ3n) is 4.74. The third kappa shape index (κ3) is 3.69. The van der Waals surface area contributed by atoms with Crippen molar-refractivity contribution in [3.8, 4) is 5.75 Å². The first-order valence-corrected chi connectivity index (χ1v) is 9.03. The van der Waals surface area contributed by atoms with Gasteiger partial charge in [-0.3, -0.25) is 4.79 Å². The molecule has 2 atom stereocenters. The second-order valence-corrected chi connectivity index (χ2v) is 6.86. The van der Waals surface area contributed by atoms with Gasteiger partial charge in [-0.1, -0.05) is 30.7 Å². The maximum absolute atomic E-state index is 13.7. The number of nitrogens with one attached hydrogen (secondary N) is 1. The number of rotatable bonds is 4. The highest BCUT2D eigenvalue weighted by atomic mass is 35.5. The van der Waals surface area contributed by atoms with Crippen LogP contribution in [0.1, 0.15) is 43.4 Å². The van der Waals surface area contributed by atoms with Gasteiger partial charge >= 0.3 is 0 Å². The highest BCUT2D eigenvalue weighted by Gasteiger charge is 2.38. The van der Waals surface area contributed by atoms with Crippen molar-refractivity contribution in [1.29, 1.82) is 0 Å². The lowest BCUT2D eigenvalue weighted by atomic mass is 9.89. The number of carbonyl (C=O) groups is 1. The monoisotopic (exact) mass is 377 g/mol. The van der Waals surface area contributed by atoms with Crippen LogP contribution in [0.5, 0.6) is 5.75 Å². The molecule has 0 fully saturated rings. The Balaban J connectivity index is 1.90. The van der Waals surface area contributed by atoms with Gasteiger partial charge in [0.15, 0.2) is 5.60 Å². The average Bonchev–Trinajstić information content (AvgIpc) is 2.83. The lowest BCUT2D eigenvalue weighted by molar-refractivity contribution is -0.142. The summed E-state index contributed by atoms with van der Waals surface area (Å²) >= 11 is 6.01. The van der Waals surface area contributed by atoms with Gasteiger partial charge in [-0.25, -0.2) is 4.39 Å². The summed E-state index contributed by atoms with van der Waals surface area (Å²) in [5.74, 6) is -0.379. The number of amides is 1. The Kier molecular flexibility index (Phi) is 5.49. The smallest absolute Gasteiger partial charge is 0.257 e. The van der Waals surface area contributed by atoms with E-state index in [2.05, 4.69) is 5.32 Å². The maximum Gasteiger partial charge on any atom is 0.257 e. The number of hydrogen-bond donors (Lipinski definition) is 2. The van der Waals surface area contributed by atoms with E-state index < -0.39 is 23.4 Å². The molecule has 2 aromatic rings. The summed E-state index contributed by atoms with van der Waals surface area (Å²) in [7, 11) is 0. The minimum atomic E-state index is -1.72. The molecule has 0 aliphatic carbocycles. The number of halogens is 2. The molecular formula is C20H21ClFNO3. The number of aliphatic hydroxyl groups is 1. The second kappa shape index (κ2) is 7.64. The van der Waals surface area contributed by atoms with Crippen molar-refractivity contribution >= 4 is 17.5 Å². The molecule has 0 bridgehead atoms. The minimum absolute atomic E-state index is 0.179. The lowest BCUT2D eigenvalue weighted by Crippen LogP contribution is -2.45. The number of fused-ring (bicyclic) bond motifs is 1. The van der Waals surface area contributed by atoms with Gasteiger partial charge in [-0.05, 0) is 55.2 Å². The Morgan fingerprint density at radius 2 is 2.19 bits per heavy atom. The molecule has 1 aliphatic rings. The molecule has 2 N–H and O–H groups in total. The fourth-order valence-electron chi connectivity index (χ4n) is 3.22. The first-order chi connectivity index (χ1) is 12.4. The first kappa shape index (κ1) is 18.7. The third-order valence-corrected chi connectivity index (χ3v) is 4.97. The van der Waals surface area contributed by atoms with Crippen LogP contribution in [0.2, 0.25) is 5.02 Å². The molecule has 138 valence electrons. The summed E-state index contributed by atoms with van der Waals surface area (Å²) in [6.45, 7) is 2.22. The zero-order valence-corrected chi connectivity index (χ0v) is 15.2. The number of hydrogen-bond acceptors (Lipinski definition) is 3. The van der Waals surface area contributed by atoms with Gasteiger partial charge in [-0.15, -0.1) is 0 Å². The Labute approximate surface area is 156 Å². The standard InChI is InChI=1S/C20H21ClFNO3/c1-2-20(25,13-5-3-6-14(21)11-13)19(24)23-17-7-4-10-26-18-9-8-15(22)12-16(17)18/h3,5-6,8-9,11-12,17,25H,2,4,7,10H2,1H3,(H,23,24). The van der Waals surface area contributed by atoms with Crippen LogP contribution in [0.4, 0.5) is 4.39 Å². The molecule has 1 heterocycles. The topological polar surface area (TPSA) is 58.6 Å². The second-order valence-electron chi connectivity index (χ2n) is 6.42. The van der Waals surface area contributed by atoms with Crippen LogP contribution in [0.15, 0.2) is 42.5 Å². The van der Waals surface area contributed by atoms with E-state index in [1.807, 2.05) is 0 Å². The molecule has 1 amide bonds. The van der Waals surface area contributed by atoms with Gasteiger partial charge < -0.3 is 15.2 Å². The lowest BCUT2D eigenvalue weighted by Gasteiger charge is -2.29. The van der Waals surface area contributed by atoms with Crippen LogP contribution in [-0.4, -0.2) is 17.6 Å². The Morgan fingerprint density at radius 3 is 2.92 bits per heavy atom. The van der Waals surface area contributed by atoms with Gasteiger partial charge in [0, 0.05) is 10.6 Å². The summed E-state index contributed by atoms with van der Waals surface area (Å²) < 4.78 is 19.3. The molecule has 6 heteroatoms. The van der Waals surface area contributed by atoms with Crippen LogP contribution in [0, 0.1) is 5.82 Å². The maximum atomic E-state index is 13.7. The van der Waals surface area contributed by atoms with Crippen molar-refractivity contribution in [1.82, 2.24) is 5.32 Å². The normalized spacial score (nSPS) is 18.8. The Hall–Kier alpha value is -2.11. The Morgan fingerprint density at radius 1 is 1.38 bits per heavy atom. The molecule has 0 aromatic heterocycles. The van der Waals surface area contributed by atoms with E-state index >= 15 is 0 Å². The van der Waals surface area contributed by atoms with Crippen molar-refractivity contribution in [2.24, 2.45) is 0 Å². The molecule has 0 saturated carbocycles. The van der Waals surface area contributed by atoms with Crippen molar-refractivity contribution in [3.05, 3.63) is 64.4 Å². The molecule has 2 unspecified atom stereocenters. The van der Waals surface area contributed by atoms with E-state index in [1.165, 1.54) is 12.1 Å². The highest BCUT2D eigenvalue weighted by Crippen LogP contribution is 2.34. The molecule has 0 spiro atoms. The molecule has 26 heavy (non-hydrogen) atoms. The van der Waals surface area contributed by atoms with Crippen LogP contribution >= 0.6 is 11.6 Å². The van der Waals surface area contributed by atoms with Crippen LogP contribution in [-0.2, 0) is 10.4 Å². The summed E-state index contributed by atoms with van der Waals surface area (Å²) in [5.41, 5.74) is -0.708. The van der Waals surface area contributed by atoms with Crippen LogP contribution in [0.25, 0.3) is 0 Å². The van der Waals surface area contributed by atoms with E-state index in [-0.39, 0.29) is 6.42 Å². The summed E-state index contributed by atoms with van der Waals surface area (Å²) in [6.07, 6.45) is 1.49. The molecule has 1 aliphatic heterocycles. The summed E-state index contributed by atoms with van der Waals surface area (Å²) in [4.78, 5) is 12.9. The van der Waals surface area contributed by atoms with E-state index in [0.29, 0.717) is 41.3 Å². The van der Waals surface area contributed by atoms with E-state index in [0.717, 1.165) is 0 Å². The first-order valence-electron chi connectivity index (χ1n) is 8.65. The highest BCUT2D eigenvalue weighted by molar-refractivity contribution is 6.30. The van der Waals surface area contributed by atoms with E-state index in [1.54, 1.807) is 37.3 Å². The van der Waals surface area contributed by atoms with Gasteiger partial charge in [0.05, 0.1) is 12.6 Å². The van der Waals surface area contributed by atoms with Gasteiger partial charge in [0.1, 0.15) is 11.6 Å². The SMILES string of the molecule is CCC(O)(C(=O)NC1CCCOc2ccc(F)cc21)c1cccc(Cl)c1. The van der Waals surface area contributed by atoms with Crippen molar-refractivity contribution < 1.29 is 19.0 Å². The molecule has 3 rings (SSSR count). The molecule has 0 radical (unpaired) electrons. The van der Waals surface area contributed by atoms with E-state index in [4.69, 9.17) is 16.3 Å². The fourth-order valence-corrected chi connectivity index (χ4v) is 3.41. The van der Waals surface area contributed by atoms with Gasteiger partial charge in [-0.2, -0.15) is 0 Å². The summed E-state index contributed by atoms with van der Waals surface area (Å²) in [6, 6.07) is 10.4. The van der Waals surface area contributed by atoms with Gasteiger partial charge in [0.25, 0.3) is 5.91 Å². The van der Waals surface area contributed by atoms with Gasteiger partial charge in [0.2, 0.25) is 0 Å². The molecule has 2 aromatic carbocycles. The van der Waals surface area contributed by atoms with Crippen LogP contribution < -0.4 is 10.1 Å². The zero-order chi connectivity index (χ0) is 18.7. The van der Waals surface area contributed by atoms with Crippen molar-refractivity contribution in [3.63, 3.8) is 0 Å². The largest absolute Gasteiger partial charge is 0.493 e. The zero-order valence-electron chi connectivity index (χ0n) is 14.5. The van der Waals surface area contributed by atoms with E-state index in [9.17, 15) is 14.3 Å². The van der Waals surface area contributed by atoms with Crippen molar-refractivity contribution in [2.75, 3.05) is 6.61 Å². The van der Waals surface area contributed by atoms with Crippen LogP contribution in [0.3, 0.4) is 0 Å². The van der Waals surface area contributed by atoms with Crippen molar-refractivity contribution in [2.45, 2.75) is 37.8 Å². The average molecular weight is 378 g/mol. The fraction of sp³-hybridized carbons (Fsp3) is 0.350. The molecule has 0 saturated heterocycles. The predicted molar refractivity (Wildman–Crippen MR) is 97.7 cm³/mol. The molecular weight excluding hydrogens is 357 g/mol. The number of benzene rings is 2. The minimum Gasteiger partial charge on any atom is -0.493 e.